The smallest absolute Gasteiger partial charge is 0.102 e. The van der Waals surface area contributed by atoms with Crippen molar-refractivity contribution in [2.45, 2.75) is 0 Å². The van der Waals surface area contributed by atoms with Crippen LogP contribution in [-0.4, -0.2) is 0 Å². The summed E-state index contributed by atoms with van der Waals surface area (Å²) < 4.78 is 0. The lowest BCUT2D eigenvalue weighted by molar-refractivity contribution is 1.46. The average Bonchev–Trinajstić information content (AvgIpc) is 2.16. The number of benzene rings is 1. The van der Waals surface area contributed by atoms with Crippen molar-refractivity contribution in [3.8, 4) is 12.1 Å². The highest BCUT2D eigenvalue weighted by molar-refractivity contribution is 5.81. The second-order valence-electron chi connectivity index (χ2n) is 2.47. The van der Waals surface area contributed by atoms with E-state index in [2.05, 4.69) is 6.58 Å². The van der Waals surface area contributed by atoms with Crippen LogP contribution in [0.2, 0.25) is 0 Å². The minimum Gasteiger partial charge on any atom is -0.398 e. The van der Waals surface area contributed by atoms with Crippen LogP contribution in [-0.2, 0) is 0 Å². The molecule has 62 valence electrons. The summed E-state index contributed by atoms with van der Waals surface area (Å²) in [6.45, 7) is 3.53. The van der Waals surface area contributed by atoms with Crippen molar-refractivity contribution in [3.05, 3.63) is 35.9 Å². The van der Waals surface area contributed by atoms with Crippen LogP contribution in [0.25, 0.3) is 5.57 Å². The van der Waals surface area contributed by atoms with Gasteiger partial charge in [0.15, 0.2) is 0 Å². The molecule has 0 saturated carbocycles. The molecule has 0 heterocycles. The van der Waals surface area contributed by atoms with Crippen LogP contribution in [0.3, 0.4) is 0 Å². The zero-order valence-electron chi connectivity index (χ0n) is 6.91. The highest BCUT2D eigenvalue weighted by Crippen LogP contribution is 2.21. The molecular weight excluding hydrogens is 162 g/mol. The lowest BCUT2D eigenvalue weighted by atomic mass is 10.0. The summed E-state index contributed by atoms with van der Waals surface area (Å²) in [5.74, 6) is 0. The van der Waals surface area contributed by atoms with Gasteiger partial charge in [-0.2, -0.15) is 10.5 Å². The Labute approximate surface area is 76.3 Å². The van der Waals surface area contributed by atoms with Crippen LogP contribution in [0.5, 0.6) is 0 Å². The molecule has 0 aromatic heterocycles. The molecule has 0 amide bonds. The molecule has 0 atom stereocenters. The van der Waals surface area contributed by atoms with Crippen molar-refractivity contribution in [3.63, 3.8) is 0 Å². The number of hydrogen-bond donors (Lipinski definition) is 1. The van der Waals surface area contributed by atoms with Crippen LogP contribution in [0.4, 0.5) is 5.69 Å². The van der Waals surface area contributed by atoms with E-state index in [0.717, 1.165) is 0 Å². The number of hydrogen-bond acceptors (Lipinski definition) is 3. The third kappa shape index (κ3) is 1.50. The van der Waals surface area contributed by atoms with E-state index in [9.17, 15) is 0 Å². The molecule has 0 fully saturated rings. The Morgan fingerprint density at radius 1 is 1.38 bits per heavy atom. The second kappa shape index (κ2) is 3.42. The topological polar surface area (TPSA) is 73.6 Å². The van der Waals surface area contributed by atoms with Crippen molar-refractivity contribution in [2.75, 3.05) is 5.73 Å². The van der Waals surface area contributed by atoms with Crippen LogP contribution in [0.15, 0.2) is 24.8 Å². The maximum absolute atomic E-state index is 8.76. The Morgan fingerprint density at radius 2 is 2.08 bits per heavy atom. The zero-order valence-corrected chi connectivity index (χ0v) is 6.91. The Morgan fingerprint density at radius 3 is 2.62 bits per heavy atom. The molecule has 1 aromatic rings. The van der Waals surface area contributed by atoms with Crippen molar-refractivity contribution >= 4 is 11.3 Å². The highest BCUT2D eigenvalue weighted by Gasteiger charge is 2.07. The third-order valence-corrected chi connectivity index (χ3v) is 1.67. The van der Waals surface area contributed by atoms with E-state index in [1.165, 1.54) is 0 Å². The molecule has 13 heavy (non-hydrogen) atoms. The van der Waals surface area contributed by atoms with Gasteiger partial charge in [-0.3, -0.25) is 0 Å². The van der Waals surface area contributed by atoms with Gasteiger partial charge in [-0.1, -0.05) is 18.7 Å². The largest absolute Gasteiger partial charge is 0.398 e. The first-order chi connectivity index (χ1) is 6.20. The van der Waals surface area contributed by atoms with E-state index in [1.54, 1.807) is 18.2 Å². The molecule has 0 saturated heterocycles. The predicted octanol–water partition coefficient (Wildman–Crippen LogP) is 1.68. The molecule has 0 aliphatic rings. The Kier molecular flexibility index (Phi) is 2.33. The molecule has 3 heteroatoms. The minimum atomic E-state index is 0.254. The number of nitrogens with zero attached hydrogens (tertiary/aromatic N) is 2. The molecule has 0 radical (unpaired) electrons. The van der Waals surface area contributed by atoms with E-state index >= 15 is 0 Å². The maximum atomic E-state index is 8.76. The SMILES string of the molecule is C=C(C#N)c1cccc(N)c1C#N. The fourth-order valence-electron chi connectivity index (χ4n) is 1.01. The summed E-state index contributed by atoms with van der Waals surface area (Å²) in [5.41, 5.74) is 7.00. The van der Waals surface area contributed by atoms with E-state index in [1.807, 2.05) is 12.1 Å². The van der Waals surface area contributed by atoms with Crippen molar-refractivity contribution < 1.29 is 0 Å². The summed E-state index contributed by atoms with van der Waals surface area (Å²) in [7, 11) is 0. The Hall–Kier alpha value is -2.26. The molecule has 0 aliphatic heterocycles. The zero-order chi connectivity index (χ0) is 9.84. The quantitative estimate of drug-likeness (QED) is 0.513. The van der Waals surface area contributed by atoms with Crippen molar-refractivity contribution in [1.82, 2.24) is 0 Å². The number of nitrogens with two attached hydrogens (primary N) is 1. The molecule has 0 bridgehead atoms. The van der Waals surface area contributed by atoms with E-state index < -0.39 is 0 Å². The standard InChI is InChI=1S/C10H7N3/c1-7(5-11)8-3-2-4-10(13)9(8)6-12/h2-4H,1,13H2. The van der Waals surface area contributed by atoms with Crippen molar-refractivity contribution in [1.29, 1.82) is 10.5 Å². The van der Waals surface area contributed by atoms with E-state index in [0.29, 0.717) is 16.8 Å². The predicted molar refractivity (Wildman–Crippen MR) is 50.2 cm³/mol. The highest BCUT2D eigenvalue weighted by atomic mass is 14.6. The van der Waals surface area contributed by atoms with Crippen LogP contribution < -0.4 is 5.73 Å². The summed E-state index contributed by atoms with van der Waals surface area (Å²) in [6, 6.07) is 8.78. The molecule has 3 nitrogen and oxygen atoms in total. The fourth-order valence-corrected chi connectivity index (χ4v) is 1.01. The molecule has 1 aromatic carbocycles. The lowest BCUT2D eigenvalue weighted by Gasteiger charge is -2.02. The first kappa shape index (κ1) is 8.83. The maximum Gasteiger partial charge on any atom is 0.102 e. The first-order valence-corrected chi connectivity index (χ1v) is 3.58. The summed E-state index contributed by atoms with van der Waals surface area (Å²) in [4.78, 5) is 0. The van der Waals surface area contributed by atoms with Gasteiger partial charge in [-0.05, 0) is 6.07 Å². The van der Waals surface area contributed by atoms with Gasteiger partial charge in [0.05, 0.1) is 22.9 Å². The Balaban J connectivity index is 3.41. The fraction of sp³-hybridized carbons (Fsp3) is 0. The van der Waals surface area contributed by atoms with Crippen LogP contribution in [0.1, 0.15) is 11.1 Å². The van der Waals surface area contributed by atoms with Crippen LogP contribution >= 0.6 is 0 Å². The summed E-state index contributed by atoms with van der Waals surface area (Å²) in [5, 5.41) is 17.4. The minimum absolute atomic E-state index is 0.254. The summed E-state index contributed by atoms with van der Waals surface area (Å²) >= 11 is 0. The lowest BCUT2D eigenvalue weighted by Crippen LogP contribution is -1.94. The third-order valence-electron chi connectivity index (χ3n) is 1.67. The van der Waals surface area contributed by atoms with E-state index in [-0.39, 0.29) is 5.57 Å². The van der Waals surface area contributed by atoms with Gasteiger partial charge in [-0.25, -0.2) is 0 Å². The number of anilines is 1. The monoisotopic (exact) mass is 169 g/mol. The summed E-state index contributed by atoms with van der Waals surface area (Å²) in [6.07, 6.45) is 0. The molecular formula is C10H7N3. The van der Waals surface area contributed by atoms with Crippen LogP contribution in [0, 0.1) is 22.7 Å². The number of rotatable bonds is 1. The number of nitrogen functional groups attached to an aromatic ring is 1. The number of allylic oxidation sites excluding steroid dienone is 1. The number of nitriles is 2. The first-order valence-electron chi connectivity index (χ1n) is 3.58. The van der Waals surface area contributed by atoms with Crippen molar-refractivity contribution in [2.24, 2.45) is 0 Å². The van der Waals surface area contributed by atoms with Gasteiger partial charge in [0.25, 0.3) is 0 Å². The van der Waals surface area contributed by atoms with Gasteiger partial charge in [0.2, 0.25) is 0 Å². The normalized spacial score (nSPS) is 8.46. The average molecular weight is 169 g/mol. The van der Waals surface area contributed by atoms with Gasteiger partial charge in [0, 0.05) is 5.56 Å². The van der Waals surface area contributed by atoms with Gasteiger partial charge >= 0.3 is 0 Å². The van der Waals surface area contributed by atoms with Gasteiger partial charge < -0.3 is 5.73 Å². The molecule has 0 unspecified atom stereocenters. The molecule has 0 aliphatic carbocycles. The van der Waals surface area contributed by atoms with Gasteiger partial charge in [-0.15, -0.1) is 0 Å². The Bertz CT molecular complexity index is 432. The molecule has 1 rings (SSSR count). The second-order valence-corrected chi connectivity index (χ2v) is 2.47. The van der Waals surface area contributed by atoms with E-state index in [4.69, 9.17) is 16.3 Å². The van der Waals surface area contributed by atoms with Gasteiger partial charge in [0.1, 0.15) is 6.07 Å². The molecule has 2 N–H and O–H groups in total. The molecule has 0 spiro atoms.